The zero-order valence-corrected chi connectivity index (χ0v) is 20.8. The molecule has 0 amide bonds. The van der Waals surface area contributed by atoms with Gasteiger partial charge in [0.25, 0.3) is 0 Å². The molecule has 0 saturated heterocycles. The van der Waals surface area contributed by atoms with E-state index in [0.29, 0.717) is 41.9 Å². The molecule has 0 aliphatic heterocycles. The third-order valence-corrected chi connectivity index (χ3v) is 10.8. The number of methoxy groups -OCH3 is 1. The number of hydrogen-bond acceptors (Lipinski definition) is 5. The smallest absolute Gasteiger partial charge is 0.305 e. The molecule has 4 aliphatic rings. The molecule has 0 bridgehead atoms. The van der Waals surface area contributed by atoms with Crippen molar-refractivity contribution in [3.63, 3.8) is 0 Å². The molecule has 0 aromatic rings. The molecule has 1 unspecified atom stereocenters. The number of aliphatic hydroxyl groups is 1. The van der Waals surface area contributed by atoms with Crippen LogP contribution in [0.15, 0.2) is 0 Å². The molecule has 0 aromatic heterocycles. The highest BCUT2D eigenvalue weighted by atomic mass is 16.5. The number of esters is 2. The lowest BCUT2D eigenvalue weighted by molar-refractivity contribution is -0.181. The van der Waals surface area contributed by atoms with Gasteiger partial charge < -0.3 is 14.6 Å². The van der Waals surface area contributed by atoms with E-state index in [0.717, 1.165) is 32.1 Å². The molecule has 182 valence electrons. The average molecular weight is 449 g/mol. The second kappa shape index (κ2) is 8.92. The minimum atomic E-state index is -0.274. The maximum absolute atomic E-state index is 11.7. The fourth-order valence-corrected chi connectivity index (χ4v) is 9.13. The van der Waals surface area contributed by atoms with Crippen molar-refractivity contribution in [3.05, 3.63) is 0 Å². The van der Waals surface area contributed by atoms with Crippen LogP contribution in [-0.2, 0) is 19.1 Å². The molecular weight excluding hydrogens is 404 g/mol. The second-order valence-electron chi connectivity index (χ2n) is 12.1. The molecule has 0 aromatic carbocycles. The minimum Gasteiger partial charge on any atom is -0.469 e. The normalized spacial score (nSPS) is 46.4. The van der Waals surface area contributed by atoms with E-state index >= 15 is 0 Å². The molecule has 4 saturated carbocycles. The van der Waals surface area contributed by atoms with Crippen LogP contribution in [0.1, 0.15) is 91.9 Å². The third-order valence-electron chi connectivity index (χ3n) is 10.8. The fraction of sp³-hybridized carbons (Fsp3) is 0.926. The van der Waals surface area contributed by atoms with E-state index in [2.05, 4.69) is 20.8 Å². The Morgan fingerprint density at radius 2 is 1.81 bits per heavy atom. The maximum atomic E-state index is 11.7. The van der Waals surface area contributed by atoms with E-state index in [-0.39, 0.29) is 35.0 Å². The molecule has 32 heavy (non-hydrogen) atoms. The molecule has 0 radical (unpaired) electrons. The zero-order chi connectivity index (χ0) is 23.3. The summed E-state index contributed by atoms with van der Waals surface area (Å²) in [7, 11) is 1.46. The summed E-state index contributed by atoms with van der Waals surface area (Å²) in [6.45, 7) is 8.62. The molecule has 4 rings (SSSR count). The Balaban J connectivity index is 1.50. The van der Waals surface area contributed by atoms with Crippen molar-refractivity contribution in [2.45, 2.75) is 104 Å². The fourth-order valence-electron chi connectivity index (χ4n) is 9.13. The number of fused-ring (bicyclic) bond motifs is 5. The molecule has 5 heteroatoms. The molecular formula is C27H44O5. The summed E-state index contributed by atoms with van der Waals surface area (Å²) in [4.78, 5) is 23.2. The lowest BCUT2D eigenvalue weighted by atomic mass is 9.43. The highest BCUT2D eigenvalue weighted by Gasteiger charge is 2.63. The van der Waals surface area contributed by atoms with Gasteiger partial charge in [-0.05, 0) is 104 Å². The van der Waals surface area contributed by atoms with Gasteiger partial charge in [0, 0.05) is 13.3 Å². The number of hydrogen-bond donors (Lipinski definition) is 1. The Hall–Kier alpha value is -1.10. The monoisotopic (exact) mass is 448 g/mol. The van der Waals surface area contributed by atoms with Gasteiger partial charge in [-0.15, -0.1) is 0 Å². The number of rotatable bonds is 5. The van der Waals surface area contributed by atoms with Gasteiger partial charge in [0.15, 0.2) is 0 Å². The Kier molecular flexibility index (Phi) is 6.70. The van der Waals surface area contributed by atoms with Crippen molar-refractivity contribution in [2.75, 3.05) is 7.11 Å². The van der Waals surface area contributed by atoms with Crippen molar-refractivity contribution in [2.24, 2.45) is 46.3 Å². The SMILES string of the molecule is COC(=O)CCC(C)[C@H]1CC[C@H]2[C@@H]3CC[C@@H]4C[C@H](OC(C)=O)CC[C@]4(C)[C@H]3C[C@H](O)[C@]12C. The van der Waals surface area contributed by atoms with Crippen LogP contribution in [0.3, 0.4) is 0 Å². The van der Waals surface area contributed by atoms with E-state index in [1.165, 1.54) is 39.7 Å². The Bertz CT molecular complexity index is 721. The average Bonchev–Trinajstić information content (AvgIpc) is 3.11. The third kappa shape index (κ3) is 3.91. The van der Waals surface area contributed by atoms with Gasteiger partial charge >= 0.3 is 11.9 Å². The Labute approximate surface area is 194 Å². The molecule has 5 nitrogen and oxygen atoms in total. The van der Waals surface area contributed by atoms with Gasteiger partial charge in [-0.3, -0.25) is 9.59 Å². The molecule has 4 fully saturated rings. The largest absolute Gasteiger partial charge is 0.469 e. The van der Waals surface area contributed by atoms with Crippen LogP contribution in [0.5, 0.6) is 0 Å². The van der Waals surface area contributed by atoms with Gasteiger partial charge in [-0.1, -0.05) is 20.8 Å². The van der Waals surface area contributed by atoms with E-state index in [1.54, 1.807) is 0 Å². The first-order chi connectivity index (χ1) is 15.1. The van der Waals surface area contributed by atoms with Crippen LogP contribution in [0.2, 0.25) is 0 Å². The second-order valence-corrected chi connectivity index (χ2v) is 12.1. The summed E-state index contributed by atoms with van der Waals surface area (Å²) in [6, 6.07) is 0. The summed E-state index contributed by atoms with van der Waals surface area (Å²) in [5.41, 5.74) is 0.200. The van der Waals surface area contributed by atoms with Crippen LogP contribution in [0.4, 0.5) is 0 Å². The number of carbonyl (C=O) groups excluding carboxylic acids is 2. The van der Waals surface area contributed by atoms with Crippen molar-refractivity contribution in [1.82, 2.24) is 0 Å². The van der Waals surface area contributed by atoms with Gasteiger partial charge in [-0.2, -0.15) is 0 Å². The van der Waals surface area contributed by atoms with Crippen molar-refractivity contribution in [3.8, 4) is 0 Å². The van der Waals surface area contributed by atoms with Crippen LogP contribution in [0.25, 0.3) is 0 Å². The van der Waals surface area contributed by atoms with Crippen molar-refractivity contribution in [1.29, 1.82) is 0 Å². The number of ether oxygens (including phenoxy) is 2. The first-order valence-corrected chi connectivity index (χ1v) is 13.0. The van der Waals surface area contributed by atoms with E-state index < -0.39 is 0 Å². The Morgan fingerprint density at radius 1 is 1.06 bits per heavy atom. The van der Waals surface area contributed by atoms with Crippen LogP contribution < -0.4 is 0 Å². The van der Waals surface area contributed by atoms with E-state index in [1.807, 2.05) is 0 Å². The van der Waals surface area contributed by atoms with Gasteiger partial charge in [-0.25, -0.2) is 0 Å². The molecule has 0 spiro atoms. The maximum Gasteiger partial charge on any atom is 0.305 e. The predicted molar refractivity (Wildman–Crippen MR) is 123 cm³/mol. The highest BCUT2D eigenvalue weighted by Crippen LogP contribution is 2.68. The molecule has 10 atom stereocenters. The zero-order valence-electron chi connectivity index (χ0n) is 20.8. The van der Waals surface area contributed by atoms with Crippen LogP contribution in [-0.4, -0.2) is 36.4 Å². The quantitative estimate of drug-likeness (QED) is 0.590. The molecule has 0 heterocycles. The minimum absolute atomic E-state index is 0.0468. The van der Waals surface area contributed by atoms with E-state index in [4.69, 9.17) is 9.47 Å². The molecule has 1 N–H and O–H groups in total. The summed E-state index contributed by atoms with van der Waals surface area (Å²) in [6.07, 6.45) is 9.92. The van der Waals surface area contributed by atoms with Crippen LogP contribution >= 0.6 is 0 Å². The summed E-state index contributed by atoms with van der Waals surface area (Å²) in [5, 5.41) is 11.6. The number of carbonyl (C=O) groups is 2. The standard InChI is InChI=1S/C27H44O5/c1-16(6-11-25(30)31-5)21-9-10-22-20-8-7-18-14-19(32-17(2)28)12-13-26(18,3)23(20)15-24(29)27(21,22)4/h16,18-24,29H,6-15H2,1-5H3/t16?,18-,19-,20+,21-,22+,23+,24+,26+,27-/m1/s1. The van der Waals surface area contributed by atoms with Crippen LogP contribution in [0, 0.1) is 46.3 Å². The molecule has 4 aliphatic carbocycles. The highest BCUT2D eigenvalue weighted by molar-refractivity contribution is 5.69. The summed E-state index contributed by atoms with van der Waals surface area (Å²) >= 11 is 0. The Morgan fingerprint density at radius 3 is 2.50 bits per heavy atom. The first-order valence-electron chi connectivity index (χ1n) is 13.0. The van der Waals surface area contributed by atoms with E-state index in [9.17, 15) is 14.7 Å². The first kappa shape index (κ1) is 24.0. The number of aliphatic hydroxyl groups excluding tert-OH is 1. The predicted octanol–water partition coefficient (Wildman–Crippen LogP) is 5.14. The van der Waals surface area contributed by atoms with Gasteiger partial charge in [0.05, 0.1) is 13.2 Å². The summed E-state index contributed by atoms with van der Waals surface area (Å²) < 4.78 is 10.5. The van der Waals surface area contributed by atoms with Gasteiger partial charge in [0.1, 0.15) is 6.10 Å². The van der Waals surface area contributed by atoms with Crippen molar-refractivity contribution >= 4 is 11.9 Å². The van der Waals surface area contributed by atoms with Gasteiger partial charge in [0.2, 0.25) is 0 Å². The lowest BCUT2D eigenvalue weighted by Gasteiger charge is -2.62. The lowest BCUT2D eigenvalue weighted by Crippen LogP contribution is -2.59. The van der Waals surface area contributed by atoms with Crippen molar-refractivity contribution < 1.29 is 24.2 Å². The summed E-state index contributed by atoms with van der Waals surface area (Å²) in [5.74, 6) is 3.02. The topological polar surface area (TPSA) is 72.8 Å².